The second-order valence-electron chi connectivity index (χ2n) is 3.83. The molecule has 2 nitrogen and oxygen atoms in total. The Morgan fingerprint density at radius 1 is 1.13 bits per heavy atom. The van der Waals surface area contributed by atoms with Crippen molar-refractivity contribution in [3.8, 4) is 0 Å². The highest BCUT2D eigenvalue weighted by molar-refractivity contribution is 5.19. The van der Waals surface area contributed by atoms with Gasteiger partial charge in [0.2, 0.25) is 0 Å². The predicted octanol–water partition coefficient (Wildman–Crippen LogP) is 2.50. The largest absolute Gasteiger partial charge is 0.394 e. The first-order chi connectivity index (χ1) is 7.31. The van der Waals surface area contributed by atoms with E-state index in [1.54, 1.807) is 0 Å². The number of aliphatic hydroxyl groups is 1. The molecule has 0 unspecified atom stereocenters. The lowest BCUT2D eigenvalue weighted by Gasteiger charge is -2.23. The van der Waals surface area contributed by atoms with Crippen LogP contribution >= 0.6 is 0 Å². The Bertz CT molecular complexity index is 256. The summed E-state index contributed by atoms with van der Waals surface area (Å²) in [6.07, 6.45) is 2.19. The van der Waals surface area contributed by atoms with Gasteiger partial charge in [-0.3, -0.25) is 0 Å². The molecule has 1 atom stereocenters. The van der Waals surface area contributed by atoms with Gasteiger partial charge in [-0.25, -0.2) is 0 Å². The molecule has 0 saturated carbocycles. The van der Waals surface area contributed by atoms with Crippen LogP contribution in [0.3, 0.4) is 0 Å². The number of rotatable bonds is 6. The van der Waals surface area contributed by atoms with Crippen LogP contribution in [0.15, 0.2) is 30.3 Å². The molecule has 1 aromatic carbocycles. The van der Waals surface area contributed by atoms with Gasteiger partial charge in [0.15, 0.2) is 0 Å². The highest BCUT2D eigenvalue weighted by Gasteiger charge is 2.13. The molecule has 0 heterocycles. The Hall–Kier alpha value is -0.860. The van der Waals surface area contributed by atoms with Gasteiger partial charge in [0.25, 0.3) is 0 Å². The third-order valence-corrected chi connectivity index (χ3v) is 2.81. The zero-order chi connectivity index (χ0) is 11.1. The SMILES string of the molecule is CCC(CC)N[C@@H](CO)c1ccccc1. The molecule has 0 fully saturated rings. The lowest BCUT2D eigenvalue weighted by molar-refractivity contribution is 0.230. The van der Waals surface area contributed by atoms with Crippen LogP contribution in [-0.4, -0.2) is 17.8 Å². The quantitative estimate of drug-likeness (QED) is 0.751. The van der Waals surface area contributed by atoms with Crippen LogP contribution in [0.5, 0.6) is 0 Å². The lowest BCUT2D eigenvalue weighted by Crippen LogP contribution is -2.33. The molecule has 2 heteroatoms. The highest BCUT2D eigenvalue weighted by Crippen LogP contribution is 2.13. The first kappa shape index (κ1) is 12.2. The summed E-state index contributed by atoms with van der Waals surface area (Å²) in [5.41, 5.74) is 1.16. The molecule has 0 saturated heterocycles. The van der Waals surface area contributed by atoms with Gasteiger partial charge in [0.05, 0.1) is 12.6 Å². The van der Waals surface area contributed by atoms with Crippen molar-refractivity contribution in [1.82, 2.24) is 5.32 Å². The number of hydrogen-bond donors (Lipinski definition) is 2. The molecule has 0 bridgehead atoms. The van der Waals surface area contributed by atoms with Gasteiger partial charge in [0, 0.05) is 6.04 Å². The van der Waals surface area contributed by atoms with E-state index in [-0.39, 0.29) is 12.6 Å². The topological polar surface area (TPSA) is 32.3 Å². The fourth-order valence-electron chi connectivity index (χ4n) is 1.75. The molecule has 2 N–H and O–H groups in total. The minimum Gasteiger partial charge on any atom is -0.394 e. The van der Waals surface area contributed by atoms with E-state index in [4.69, 9.17) is 0 Å². The molecule has 0 aliphatic carbocycles. The maximum absolute atomic E-state index is 9.36. The monoisotopic (exact) mass is 207 g/mol. The summed E-state index contributed by atoms with van der Waals surface area (Å²) in [5, 5.41) is 12.8. The maximum Gasteiger partial charge on any atom is 0.0626 e. The van der Waals surface area contributed by atoms with Gasteiger partial charge in [-0.05, 0) is 18.4 Å². The molecule has 15 heavy (non-hydrogen) atoms. The second kappa shape index (κ2) is 6.59. The molecule has 0 radical (unpaired) electrons. The average molecular weight is 207 g/mol. The van der Waals surface area contributed by atoms with Crippen LogP contribution in [-0.2, 0) is 0 Å². The Kier molecular flexibility index (Phi) is 5.37. The summed E-state index contributed by atoms with van der Waals surface area (Å²) in [6, 6.07) is 10.7. The third-order valence-electron chi connectivity index (χ3n) is 2.81. The molecule has 0 aromatic heterocycles. The summed E-state index contributed by atoms with van der Waals surface area (Å²) in [7, 11) is 0. The van der Waals surface area contributed by atoms with Gasteiger partial charge in [-0.1, -0.05) is 44.2 Å². The van der Waals surface area contributed by atoms with Crippen molar-refractivity contribution in [2.45, 2.75) is 38.8 Å². The fraction of sp³-hybridized carbons (Fsp3) is 0.538. The molecule has 0 spiro atoms. The zero-order valence-corrected chi connectivity index (χ0v) is 9.61. The van der Waals surface area contributed by atoms with Gasteiger partial charge in [-0.15, -0.1) is 0 Å². The fourth-order valence-corrected chi connectivity index (χ4v) is 1.75. The highest BCUT2D eigenvalue weighted by atomic mass is 16.3. The van der Waals surface area contributed by atoms with E-state index in [9.17, 15) is 5.11 Å². The zero-order valence-electron chi connectivity index (χ0n) is 9.61. The molecule has 84 valence electrons. The number of benzene rings is 1. The molecule has 0 aliphatic heterocycles. The third kappa shape index (κ3) is 3.65. The molecular formula is C13H21NO. The van der Waals surface area contributed by atoms with Crippen molar-refractivity contribution < 1.29 is 5.11 Å². The predicted molar refractivity (Wildman–Crippen MR) is 63.8 cm³/mol. The van der Waals surface area contributed by atoms with Crippen LogP contribution in [0.4, 0.5) is 0 Å². The molecule has 0 aliphatic rings. The smallest absolute Gasteiger partial charge is 0.0626 e. The summed E-state index contributed by atoms with van der Waals surface area (Å²) < 4.78 is 0. The van der Waals surface area contributed by atoms with Gasteiger partial charge in [-0.2, -0.15) is 0 Å². The van der Waals surface area contributed by atoms with Crippen LogP contribution in [0.1, 0.15) is 38.3 Å². The van der Waals surface area contributed by atoms with Gasteiger partial charge < -0.3 is 10.4 Å². The van der Waals surface area contributed by atoms with Crippen molar-refractivity contribution >= 4 is 0 Å². The van der Waals surface area contributed by atoms with E-state index in [0.717, 1.165) is 18.4 Å². The van der Waals surface area contributed by atoms with E-state index in [0.29, 0.717) is 6.04 Å². The minimum atomic E-state index is 0.0658. The molecule has 1 aromatic rings. The lowest BCUT2D eigenvalue weighted by atomic mass is 10.0. The standard InChI is InChI=1S/C13H21NO/c1-3-12(4-2)14-13(10-15)11-8-6-5-7-9-11/h5-9,12-15H,3-4,10H2,1-2H3/t13-/m0/s1. The van der Waals surface area contributed by atoms with Crippen LogP contribution < -0.4 is 5.32 Å². The van der Waals surface area contributed by atoms with Crippen molar-refractivity contribution in [3.05, 3.63) is 35.9 Å². The Labute approximate surface area is 92.3 Å². The second-order valence-corrected chi connectivity index (χ2v) is 3.83. The average Bonchev–Trinajstić information content (AvgIpc) is 2.32. The molecular weight excluding hydrogens is 186 g/mol. The van der Waals surface area contributed by atoms with E-state index >= 15 is 0 Å². The number of hydrogen-bond acceptors (Lipinski definition) is 2. The van der Waals surface area contributed by atoms with Gasteiger partial charge in [0.1, 0.15) is 0 Å². The van der Waals surface area contributed by atoms with E-state index in [1.807, 2.05) is 18.2 Å². The first-order valence-electron chi connectivity index (χ1n) is 5.73. The summed E-state index contributed by atoms with van der Waals surface area (Å²) >= 11 is 0. The summed E-state index contributed by atoms with van der Waals surface area (Å²) in [6.45, 7) is 4.49. The number of aliphatic hydroxyl groups excluding tert-OH is 1. The molecule has 1 rings (SSSR count). The minimum absolute atomic E-state index is 0.0658. The van der Waals surface area contributed by atoms with E-state index in [1.165, 1.54) is 0 Å². The van der Waals surface area contributed by atoms with Crippen molar-refractivity contribution in [3.63, 3.8) is 0 Å². The first-order valence-corrected chi connectivity index (χ1v) is 5.73. The van der Waals surface area contributed by atoms with Crippen LogP contribution in [0.25, 0.3) is 0 Å². The Morgan fingerprint density at radius 3 is 2.20 bits per heavy atom. The normalized spacial score (nSPS) is 13.1. The van der Waals surface area contributed by atoms with Crippen molar-refractivity contribution in [1.29, 1.82) is 0 Å². The Morgan fingerprint density at radius 2 is 1.73 bits per heavy atom. The maximum atomic E-state index is 9.36. The van der Waals surface area contributed by atoms with E-state index < -0.39 is 0 Å². The molecule has 0 amide bonds. The van der Waals surface area contributed by atoms with Crippen molar-refractivity contribution in [2.24, 2.45) is 0 Å². The van der Waals surface area contributed by atoms with Crippen LogP contribution in [0, 0.1) is 0 Å². The van der Waals surface area contributed by atoms with Gasteiger partial charge >= 0.3 is 0 Å². The Balaban J connectivity index is 2.64. The van der Waals surface area contributed by atoms with Crippen molar-refractivity contribution in [2.75, 3.05) is 6.61 Å². The summed E-state index contributed by atoms with van der Waals surface area (Å²) in [4.78, 5) is 0. The van der Waals surface area contributed by atoms with Crippen LogP contribution in [0.2, 0.25) is 0 Å². The summed E-state index contributed by atoms with van der Waals surface area (Å²) in [5.74, 6) is 0. The number of nitrogens with one attached hydrogen (secondary N) is 1. The van der Waals surface area contributed by atoms with E-state index in [2.05, 4.69) is 31.3 Å².